The minimum atomic E-state index is -0.324. The van der Waals surface area contributed by atoms with Gasteiger partial charge < -0.3 is 9.80 Å². The lowest BCUT2D eigenvalue weighted by Gasteiger charge is -2.32. The van der Waals surface area contributed by atoms with Gasteiger partial charge >= 0.3 is 0 Å². The quantitative estimate of drug-likeness (QED) is 0.841. The van der Waals surface area contributed by atoms with Crippen molar-refractivity contribution in [3.05, 3.63) is 29.6 Å². The molecule has 0 N–H and O–H groups in total. The van der Waals surface area contributed by atoms with Gasteiger partial charge in [-0.3, -0.25) is 9.59 Å². The number of nitrogens with zero attached hydrogens (tertiary/aromatic N) is 2. The number of carbonyl (C=O) groups is 2. The van der Waals surface area contributed by atoms with Crippen molar-refractivity contribution in [2.75, 3.05) is 24.5 Å². The number of hydrogen-bond donors (Lipinski definition) is 0. The lowest BCUT2D eigenvalue weighted by Crippen LogP contribution is -2.43. The van der Waals surface area contributed by atoms with Gasteiger partial charge in [-0.05, 0) is 43.4 Å². The molecule has 2 heterocycles. The van der Waals surface area contributed by atoms with Crippen molar-refractivity contribution in [3.8, 4) is 0 Å². The fraction of sp³-hybridized carbons (Fsp3) is 0.556. The standard InChI is InChI=1S/C18H23FN2O2/c1-12-4-3-7-20(10-12)18(23)14-8-17(22)21(11-14)15-6-5-13(2)16(19)9-15/h5-6,9,12,14H,3-4,7-8,10-11H2,1-2H3/t12-,14-/m1/s1. The monoisotopic (exact) mass is 318 g/mol. The smallest absolute Gasteiger partial charge is 0.228 e. The molecule has 3 rings (SSSR count). The van der Waals surface area contributed by atoms with Gasteiger partial charge in [-0.15, -0.1) is 0 Å². The van der Waals surface area contributed by atoms with Crippen molar-refractivity contribution < 1.29 is 14.0 Å². The van der Waals surface area contributed by atoms with Gasteiger partial charge in [0.2, 0.25) is 11.8 Å². The zero-order chi connectivity index (χ0) is 16.6. The first-order chi connectivity index (χ1) is 11.0. The van der Waals surface area contributed by atoms with Crippen LogP contribution in [0.15, 0.2) is 18.2 Å². The molecule has 0 saturated carbocycles. The summed E-state index contributed by atoms with van der Waals surface area (Å²) in [7, 11) is 0. The number of carbonyl (C=O) groups excluding carboxylic acids is 2. The summed E-state index contributed by atoms with van der Waals surface area (Å²) in [5.41, 5.74) is 1.09. The van der Waals surface area contributed by atoms with Crippen LogP contribution >= 0.6 is 0 Å². The first kappa shape index (κ1) is 16.0. The Morgan fingerprint density at radius 3 is 2.78 bits per heavy atom. The van der Waals surface area contributed by atoms with Crippen LogP contribution in [-0.2, 0) is 9.59 Å². The molecule has 0 aliphatic carbocycles. The van der Waals surface area contributed by atoms with Gasteiger partial charge in [0.1, 0.15) is 5.82 Å². The highest BCUT2D eigenvalue weighted by Crippen LogP contribution is 2.28. The number of rotatable bonds is 2. The maximum absolute atomic E-state index is 13.7. The van der Waals surface area contributed by atoms with E-state index in [1.807, 2.05) is 4.90 Å². The van der Waals surface area contributed by atoms with Crippen LogP contribution in [0.2, 0.25) is 0 Å². The van der Waals surface area contributed by atoms with Crippen molar-refractivity contribution in [3.63, 3.8) is 0 Å². The largest absolute Gasteiger partial charge is 0.342 e. The molecule has 23 heavy (non-hydrogen) atoms. The number of aryl methyl sites for hydroxylation is 1. The summed E-state index contributed by atoms with van der Waals surface area (Å²) < 4.78 is 13.7. The Kier molecular flexibility index (Phi) is 4.37. The zero-order valence-electron chi connectivity index (χ0n) is 13.7. The molecule has 1 aromatic carbocycles. The summed E-state index contributed by atoms with van der Waals surface area (Å²) in [6.07, 6.45) is 2.40. The third-order valence-corrected chi connectivity index (χ3v) is 4.91. The Hall–Kier alpha value is -1.91. The van der Waals surface area contributed by atoms with Gasteiger partial charge in [0, 0.05) is 31.7 Å². The summed E-state index contributed by atoms with van der Waals surface area (Å²) in [5.74, 6) is -0.143. The number of halogens is 1. The molecule has 0 radical (unpaired) electrons. The van der Waals surface area contributed by atoms with E-state index in [1.54, 1.807) is 24.0 Å². The van der Waals surface area contributed by atoms with E-state index in [4.69, 9.17) is 0 Å². The molecule has 0 aromatic heterocycles. The average Bonchev–Trinajstić information content (AvgIpc) is 2.91. The fourth-order valence-corrected chi connectivity index (χ4v) is 3.52. The number of hydrogen-bond acceptors (Lipinski definition) is 2. The Bertz CT molecular complexity index is 631. The van der Waals surface area contributed by atoms with Crippen molar-refractivity contribution in [1.82, 2.24) is 4.90 Å². The minimum absolute atomic E-state index is 0.0694. The number of amides is 2. The van der Waals surface area contributed by atoms with E-state index in [9.17, 15) is 14.0 Å². The molecule has 2 saturated heterocycles. The van der Waals surface area contributed by atoms with Crippen LogP contribution < -0.4 is 4.90 Å². The Morgan fingerprint density at radius 1 is 1.30 bits per heavy atom. The summed E-state index contributed by atoms with van der Waals surface area (Å²) in [4.78, 5) is 28.4. The minimum Gasteiger partial charge on any atom is -0.342 e. The number of piperidine rings is 1. The van der Waals surface area contributed by atoms with E-state index in [-0.39, 0.29) is 30.0 Å². The maximum atomic E-state index is 13.7. The number of benzene rings is 1. The van der Waals surface area contributed by atoms with Gasteiger partial charge in [0.25, 0.3) is 0 Å². The molecule has 2 aliphatic rings. The zero-order valence-corrected chi connectivity index (χ0v) is 13.7. The molecule has 1 aromatic rings. The predicted molar refractivity (Wildman–Crippen MR) is 86.6 cm³/mol. The van der Waals surface area contributed by atoms with Crippen LogP contribution in [0.4, 0.5) is 10.1 Å². The maximum Gasteiger partial charge on any atom is 0.228 e. The molecule has 2 aliphatic heterocycles. The third-order valence-electron chi connectivity index (χ3n) is 4.91. The van der Waals surface area contributed by atoms with E-state index in [2.05, 4.69) is 6.92 Å². The molecule has 124 valence electrons. The second kappa shape index (κ2) is 6.30. The SMILES string of the molecule is Cc1ccc(N2C[C@H](C(=O)N3CCC[C@@H](C)C3)CC2=O)cc1F. The first-order valence-corrected chi connectivity index (χ1v) is 8.31. The van der Waals surface area contributed by atoms with Crippen molar-refractivity contribution in [2.24, 2.45) is 11.8 Å². The summed E-state index contributed by atoms with van der Waals surface area (Å²) in [6.45, 7) is 5.76. The second-order valence-corrected chi connectivity index (χ2v) is 6.87. The van der Waals surface area contributed by atoms with Crippen LogP contribution in [0.3, 0.4) is 0 Å². The summed E-state index contributed by atoms with van der Waals surface area (Å²) in [6, 6.07) is 4.79. The molecule has 0 unspecified atom stereocenters. The van der Waals surface area contributed by atoms with E-state index in [0.717, 1.165) is 25.9 Å². The van der Waals surface area contributed by atoms with Crippen molar-refractivity contribution in [2.45, 2.75) is 33.1 Å². The predicted octanol–water partition coefficient (Wildman–Crippen LogP) is 2.75. The first-order valence-electron chi connectivity index (χ1n) is 8.31. The normalized spacial score (nSPS) is 25.1. The van der Waals surface area contributed by atoms with E-state index < -0.39 is 0 Å². The lowest BCUT2D eigenvalue weighted by molar-refractivity contribution is -0.137. The number of anilines is 1. The van der Waals surface area contributed by atoms with Crippen molar-refractivity contribution >= 4 is 17.5 Å². The Labute approximate surface area is 136 Å². The molecule has 2 atom stereocenters. The molecule has 5 heteroatoms. The molecule has 0 bridgehead atoms. The molecule has 2 fully saturated rings. The van der Waals surface area contributed by atoms with Crippen LogP contribution in [-0.4, -0.2) is 36.3 Å². The van der Waals surface area contributed by atoms with Crippen LogP contribution in [0.5, 0.6) is 0 Å². The third kappa shape index (κ3) is 3.23. The van der Waals surface area contributed by atoms with Gasteiger partial charge in [0.05, 0.1) is 5.92 Å². The van der Waals surface area contributed by atoms with Gasteiger partial charge in [-0.2, -0.15) is 0 Å². The van der Waals surface area contributed by atoms with Crippen LogP contribution in [0.1, 0.15) is 31.7 Å². The van der Waals surface area contributed by atoms with Crippen molar-refractivity contribution in [1.29, 1.82) is 0 Å². The molecule has 0 spiro atoms. The van der Waals surface area contributed by atoms with Gasteiger partial charge in [-0.1, -0.05) is 13.0 Å². The topological polar surface area (TPSA) is 40.6 Å². The van der Waals surface area contributed by atoms with Crippen LogP contribution in [0.25, 0.3) is 0 Å². The summed E-state index contributed by atoms with van der Waals surface area (Å²) >= 11 is 0. The molecular weight excluding hydrogens is 295 g/mol. The fourth-order valence-electron chi connectivity index (χ4n) is 3.52. The van der Waals surface area contributed by atoms with Gasteiger partial charge in [-0.25, -0.2) is 4.39 Å². The lowest BCUT2D eigenvalue weighted by atomic mass is 9.98. The number of likely N-dealkylation sites (tertiary alicyclic amines) is 1. The highest BCUT2D eigenvalue weighted by Gasteiger charge is 2.38. The molecule has 2 amide bonds. The van der Waals surface area contributed by atoms with Crippen LogP contribution in [0, 0.1) is 24.6 Å². The highest BCUT2D eigenvalue weighted by molar-refractivity contribution is 6.00. The Balaban J connectivity index is 1.71. The van der Waals surface area contributed by atoms with E-state index in [0.29, 0.717) is 23.7 Å². The van der Waals surface area contributed by atoms with Gasteiger partial charge in [0.15, 0.2) is 0 Å². The van der Waals surface area contributed by atoms with E-state index in [1.165, 1.54) is 6.07 Å². The summed E-state index contributed by atoms with van der Waals surface area (Å²) in [5, 5.41) is 0. The molecular formula is C18H23FN2O2. The average molecular weight is 318 g/mol. The molecule has 4 nitrogen and oxygen atoms in total. The highest BCUT2D eigenvalue weighted by atomic mass is 19.1. The second-order valence-electron chi connectivity index (χ2n) is 6.87. The van der Waals surface area contributed by atoms with E-state index >= 15 is 0 Å². The Morgan fingerprint density at radius 2 is 2.09 bits per heavy atom.